The first-order valence-corrected chi connectivity index (χ1v) is 9.91. The maximum atomic E-state index is 4.81. The van der Waals surface area contributed by atoms with Crippen molar-refractivity contribution in [2.75, 3.05) is 23.3 Å². The van der Waals surface area contributed by atoms with Gasteiger partial charge >= 0.3 is 0 Å². The Hall–Kier alpha value is -2.53. The Labute approximate surface area is 158 Å². The predicted molar refractivity (Wildman–Crippen MR) is 109 cm³/mol. The molecule has 1 aliphatic heterocycles. The van der Waals surface area contributed by atoms with E-state index in [1.165, 1.54) is 11.3 Å². The van der Waals surface area contributed by atoms with Gasteiger partial charge < -0.3 is 10.2 Å². The van der Waals surface area contributed by atoms with Crippen LogP contribution in [-0.4, -0.2) is 29.1 Å². The second-order valence-corrected chi connectivity index (χ2v) is 7.43. The Morgan fingerprint density at radius 1 is 1.00 bits per heavy atom. The molecule has 2 heterocycles. The minimum absolute atomic E-state index is 0.444. The zero-order valence-corrected chi connectivity index (χ0v) is 15.4. The van der Waals surface area contributed by atoms with E-state index in [4.69, 9.17) is 4.98 Å². The van der Waals surface area contributed by atoms with E-state index in [-0.39, 0.29) is 0 Å². The number of benzene rings is 2. The highest BCUT2D eigenvalue weighted by Gasteiger charge is 2.23. The van der Waals surface area contributed by atoms with Crippen LogP contribution >= 0.6 is 11.8 Å². The topological polar surface area (TPSA) is 41.1 Å². The molecule has 1 aliphatic rings. The van der Waals surface area contributed by atoms with E-state index < -0.39 is 0 Å². The van der Waals surface area contributed by atoms with Gasteiger partial charge in [-0.1, -0.05) is 48.5 Å². The lowest BCUT2D eigenvalue weighted by Gasteiger charge is -2.18. The van der Waals surface area contributed by atoms with Crippen LogP contribution in [0, 0.1) is 0 Å². The smallest absolute Gasteiger partial charge is 0.148 e. The van der Waals surface area contributed by atoms with E-state index in [2.05, 4.69) is 63.7 Å². The Morgan fingerprint density at radius 3 is 2.58 bits per heavy atom. The van der Waals surface area contributed by atoms with Crippen LogP contribution in [0.25, 0.3) is 0 Å². The summed E-state index contributed by atoms with van der Waals surface area (Å²) in [6.07, 6.45) is 4.84. The van der Waals surface area contributed by atoms with Gasteiger partial charge in [-0.25, -0.2) is 4.98 Å². The van der Waals surface area contributed by atoms with Gasteiger partial charge in [0.25, 0.3) is 0 Å². The maximum Gasteiger partial charge on any atom is 0.148 e. The number of rotatable bonds is 6. The second kappa shape index (κ2) is 8.23. The van der Waals surface area contributed by atoms with Crippen LogP contribution in [0.3, 0.4) is 0 Å². The van der Waals surface area contributed by atoms with Crippen molar-refractivity contribution in [1.82, 2.24) is 9.97 Å². The fraction of sp³-hybridized carbons (Fsp3) is 0.238. The summed E-state index contributed by atoms with van der Waals surface area (Å²) in [5.74, 6) is 1.89. The Morgan fingerprint density at radius 2 is 1.77 bits per heavy atom. The number of hydrogen-bond donors (Lipinski definition) is 1. The van der Waals surface area contributed by atoms with Crippen molar-refractivity contribution in [3.8, 4) is 0 Å². The summed E-state index contributed by atoms with van der Waals surface area (Å²) in [5.41, 5.74) is 2.48. The first-order chi connectivity index (χ1) is 12.9. The molecular formula is C21H22N4S. The molecule has 2 aromatic carbocycles. The summed E-state index contributed by atoms with van der Waals surface area (Å²) in [7, 11) is 0. The SMILES string of the molecule is c1ccc(CSc2cncc(N3CCC(Nc4ccccc4)C3)n2)cc1. The van der Waals surface area contributed by atoms with Crippen molar-refractivity contribution < 1.29 is 0 Å². The van der Waals surface area contributed by atoms with E-state index in [1.54, 1.807) is 11.8 Å². The number of hydrogen-bond acceptors (Lipinski definition) is 5. The van der Waals surface area contributed by atoms with Crippen LogP contribution in [0.15, 0.2) is 78.1 Å². The number of thioether (sulfide) groups is 1. The molecule has 1 aromatic heterocycles. The molecule has 0 saturated carbocycles. The van der Waals surface area contributed by atoms with E-state index >= 15 is 0 Å². The molecule has 1 saturated heterocycles. The standard InChI is InChI=1S/C21H22N4S/c1-3-7-17(8-4-1)16-26-21-14-22-13-20(24-21)25-12-11-19(15-25)23-18-9-5-2-6-10-18/h1-10,13-14,19,23H,11-12,15-16H2. The van der Waals surface area contributed by atoms with Gasteiger partial charge in [0.05, 0.1) is 12.4 Å². The summed E-state index contributed by atoms with van der Waals surface area (Å²) in [4.78, 5) is 11.5. The van der Waals surface area contributed by atoms with Crippen molar-refractivity contribution in [1.29, 1.82) is 0 Å². The normalized spacial score (nSPS) is 16.6. The monoisotopic (exact) mass is 362 g/mol. The molecule has 0 bridgehead atoms. The average molecular weight is 363 g/mol. The number of nitrogens with zero attached hydrogens (tertiary/aromatic N) is 3. The zero-order valence-electron chi connectivity index (χ0n) is 14.6. The van der Waals surface area contributed by atoms with E-state index in [1.807, 2.05) is 24.5 Å². The zero-order chi connectivity index (χ0) is 17.6. The molecule has 3 aromatic rings. The van der Waals surface area contributed by atoms with E-state index in [0.717, 1.165) is 36.1 Å². The van der Waals surface area contributed by atoms with Gasteiger partial charge in [-0.05, 0) is 24.1 Å². The highest BCUT2D eigenvalue weighted by Crippen LogP contribution is 2.25. The van der Waals surface area contributed by atoms with Crippen LogP contribution in [0.1, 0.15) is 12.0 Å². The lowest BCUT2D eigenvalue weighted by atomic mass is 10.2. The molecule has 0 spiro atoms. The van der Waals surface area contributed by atoms with Crippen molar-refractivity contribution in [3.63, 3.8) is 0 Å². The average Bonchev–Trinajstić information content (AvgIpc) is 3.17. The van der Waals surface area contributed by atoms with Crippen molar-refractivity contribution in [2.45, 2.75) is 23.2 Å². The lowest BCUT2D eigenvalue weighted by Crippen LogP contribution is -2.26. The first-order valence-electron chi connectivity index (χ1n) is 8.92. The molecule has 1 unspecified atom stereocenters. The summed E-state index contributed by atoms with van der Waals surface area (Å²) in [6.45, 7) is 1.96. The molecule has 5 heteroatoms. The van der Waals surface area contributed by atoms with Gasteiger partial charge in [0, 0.05) is 30.6 Å². The quantitative estimate of drug-likeness (QED) is 0.656. The molecule has 1 fully saturated rings. The summed E-state index contributed by atoms with van der Waals surface area (Å²) >= 11 is 1.73. The summed E-state index contributed by atoms with van der Waals surface area (Å²) in [6, 6.07) is 21.3. The van der Waals surface area contributed by atoms with Crippen LogP contribution in [-0.2, 0) is 5.75 Å². The van der Waals surface area contributed by atoms with Gasteiger partial charge in [0.2, 0.25) is 0 Å². The van der Waals surface area contributed by atoms with E-state index in [9.17, 15) is 0 Å². The molecule has 0 aliphatic carbocycles. The fourth-order valence-corrected chi connectivity index (χ4v) is 3.95. The number of para-hydroxylation sites is 1. The van der Waals surface area contributed by atoms with Gasteiger partial charge in [0.15, 0.2) is 0 Å². The minimum atomic E-state index is 0.444. The number of nitrogens with one attached hydrogen (secondary N) is 1. The molecular weight excluding hydrogens is 340 g/mol. The third kappa shape index (κ3) is 4.35. The molecule has 4 rings (SSSR count). The largest absolute Gasteiger partial charge is 0.380 e. The van der Waals surface area contributed by atoms with Crippen LogP contribution in [0.4, 0.5) is 11.5 Å². The number of aromatic nitrogens is 2. The van der Waals surface area contributed by atoms with E-state index in [0.29, 0.717) is 6.04 Å². The van der Waals surface area contributed by atoms with Crippen molar-refractivity contribution in [3.05, 3.63) is 78.6 Å². The first kappa shape index (κ1) is 16.9. The summed E-state index contributed by atoms with van der Waals surface area (Å²) in [5, 5.41) is 4.58. The van der Waals surface area contributed by atoms with Crippen molar-refractivity contribution >= 4 is 23.3 Å². The Kier molecular flexibility index (Phi) is 5.36. The van der Waals surface area contributed by atoms with Crippen molar-refractivity contribution in [2.24, 2.45) is 0 Å². The van der Waals surface area contributed by atoms with Gasteiger partial charge in [0.1, 0.15) is 10.8 Å². The second-order valence-electron chi connectivity index (χ2n) is 6.43. The molecule has 1 N–H and O–H groups in total. The molecule has 26 heavy (non-hydrogen) atoms. The fourth-order valence-electron chi connectivity index (χ4n) is 3.15. The van der Waals surface area contributed by atoms with Crippen LogP contribution in [0.2, 0.25) is 0 Å². The number of anilines is 2. The highest BCUT2D eigenvalue weighted by atomic mass is 32.2. The third-order valence-electron chi connectivity index (χ3n) is 4.49. The Bertz CT molecular complexity index is 826. The molecule has 132 valence electrons. The minimum Gasteiger partial charge on any atom is -0.380 e. The molecule has 4 nitrogen and oxygen atoms in total. The molecule has 0 amide bonds. The maximum absolute atomic E-state index is 4.81. The predicted octanol–water partition coefficient (Wildman–Crippen LogP) is 4.46. The molecule has 1 atom stereocenters. The van der Waals surface area contributed by atoms with Crippen LogP contribution < -0.4 is 10.2 Å². The third-order valence-corrected chi connectivity index (χ3v) is 5.46. The highest BCUT2D eigenvalue weighted by molar-refractivity contribution is 7.98. The van der Waals surface area contributed by atoms with Crippen LogP contribution in [0.5, 0.6) is 0 Å². The lowest BCUT2D eigenvalue weighted by molar-refractivity contribution is 0.805. The Balaban J connectivity index is 1.36. The summed E-state index contributed by atoms with van der Waals surface area (Å²) < 4.78 is 0. The molecule has 0 radical (unpaired) electrons. The van der Waals surface area contributed by atoms with Gasteiger partial charge in [-0.2, -0.15) is 0 Å². The van der Waals surface area contributed by atoms with Gasteiger partial charge in [-0.3, -0.25) is 4.98 Å². The van der Waals surface area contributed by atoms with Gasteiger partial charge in [-0.15, -0.1) is 11.8 Å².